The average molecular weight is 327 g/mol. The summed E-state index contributed by atoms with van der Waals surface area (Å²) in [5.41, 5.74) is 0.840. The SMILES string of the molecule is O=C(CSc1ccccn1)NCc1ccc(Cl)cc1Cl. The molecule has 0 aliphatic heterocycles. The largest absolute Gasteiger partial charge is 0.351 e. The monoisotopic (exact) mass is 326 g/mol. The lowest BCUT2D eigenvalue weighted by Gasteiger charge is -2.07. The molecule has 0 aliphatic rings. The van der Waals surface area contributed by atoms with Crippen molar-refractivity contribution in [3.8, 4) is 0 Å². The van der Waals surface area contributed by atoms with Crippen molar-refractivity contribution in [1.82, 2.24) is 10.3 Å². The number of aromatic nitrogens is 1. The first-order valence-corrected chi connectivity index (χ1v) is 7.64. The summed E-state index contributed by atoms with van der Waals surface area (Å²) in [5, 5.41) is 4.77. The van der Waals surface area contributed by atoms with Gasteiger partial charge in [0.25, 0.3) is 0 Å². The Labute approximate surface area is 131 Å². The number of amides is 1. The molecule has 1 aromatic heterocycles. The molecule has 6 heteroatoms. The van der Waals surface area contributed by atoms with Crippen molar-refractivity contribution >= 4 is 40.9 Å². The number of benzene rings is 1. The highest BCUT2D eigenvalue weighted by Crippen LogP contribution is 2.20. The van der Waals surface area contributed by atoms with Crippen LogP contribution >= 0.6 is 35.0 Å². The Hall–Kier alpha value is -1.23. The first kappa shape index (κ1) is 15.2. The van der Waals surface area contributed by atoms with Crippen LogP contribution in [0, 0.1) is 0 Å². The standard InChI is InChI=1S/C14H12Cl2N2OS/c15-11-5-4-10(12(16)7-11)8-18-13(19)9-20-14-3-1-2-6-17-14/h1-7H,8-9H2,(H,18,19). The highest BCUT2D eigenvalue weighted by molar-refractivity contribution is 7.99. The van der Waals surface area contributed by atoms with E-state index in [1.807, 2.05) is 18.2 Å². The molecule has 0 bridgehead atoms. The number of carbonyl (C=O) groups excluding carboxylic acids is 1. The highest BCUT2D eigenvalue weighted by Gasteiger charge is 2.06. The van der Waals surface area contributed by atoms with E-state index in [1.54, 1.807) is 24.4 Å². The lowest BCUT2D eigenvalue weighted by molar-refractivity contribution is -0.118. The predicted molar refractivity (Wildman–Crippen MR) is 83.3 cm³/mol. The number of hydrogen-bond acceptors (Lipinski definition) is 3. The number of carbonyl (C=O) groups is 1. The number of hydrogen-bond donors (Lipinski definition) is 1. The number of nitrogens with one attached hydrogen (secondary N) is 1. The zero-order valence-corrected chi connectivity index (χ0v) is 12.8. The van der Waals surface area contributed by atoms with Crippen molar-refractivity contribution in [2.45, 2.75) is 11.6 Å². The fourth-order valence-corrected chi connectivity index (χ4v) is 2.65. The summed E-state index contributed by atoms with van der Waals surface area (Å²) in [6.07, 6.45) is 1.70. The summed E-state index contributed by atoms with van der Waals surface area (Å²) in [6.45, 7) is 0.387. The number of nitrogens with zero attached hydrogens (tertiary/aromatic N) is 1. The average Bonchev–Trinajstić information content (AvgIpc) is 2.45. The molecule has 104 valence electrons. The Balaban J connectivity index is 1.80. The lowest BCUT2D eigenvalue weighted by atomic mass is 10.2. The van der Waals surface area contributed by atoms with E-state index >= 15 is 0 Å². The van der Waals surface area contributed by atoms with E-state index in [9.17, 15) is 4.79 Å². The summed E-state index contributed by atoms with van der Waals surface area (Å²) in [7, 11) is 0. The Morgan fingerprint density at radius 2 is 2.10 bits per heavy atom. The van der Waals surface area contributed by atoms with Crippen molar-refractivity contribution < 1.29 is 4.79 Å². The molecule has 2 aromatic rings. The van der Waals surface area contributed by atoms with Gasteiger partial charge in [0, 0.05) is 22.8 Å². The minimum Gasteiger partial charge on any atom is -0.351 e. The van der Waals surface area contributed by atoms with Crippen LogP contribution in [0.25, 0.3) is 0 Å². The maximum absolute atomic E-state index is 11.7. The summed E-state index contributed by atoms with van der Waals surface area (Å²) >= 11 is 13.2. The number of pyridine rings is 1. The summed E-state index contributed by atoms with van der Waals surface area (Å²) in [6, 6.07) is 10.8. The topological polar surface area (TPSA) is 42.0 Å². The molecule has 1 aromatic carbocycles. The molecule has 1 amide bonds. The maximum atomic E-state index is 11.7. The quantitative estimate of drug-likeness (QED) is 0.850. The summed E-state index contributed by atoms with van der Waals surface area (Å²) in [4.78, 5) is 15.9. The molecule has 0 saturated heterocycles. The van der Waals surface area contributed by atoms with Crippen LogP contribution in [0.1, 0.15) is 5.56 Å². The van der Waals surface area contributed by atoms with Crippen LogP contribution in [0.5, 0.6) is 0 Å². The van der Waals surface area contributed by atoms with Gasteiger partial charge in [-0.15, -0.1) is 0 Å². The summed E-state index contributed by atoms with van der Waals surface area (Å²) in [5.74, 6) is 0.258. The third kappa shape index (κ3) is 4.71. The molecule has 0 radical (unpaired) electrons. The van der Waals surface area contributed by atoms with Gasteiger partial charge in [0.15, 0.2) is 0 Å². The van der Waals surface area contributed by atoms with E-state index in [1.165, 1.54) is 11.8 Å². The molecule has 1 heterocycles. The first-order valence-electron chi connectivity index (χ1n) is 5.89. The molecular formula is C14H12Cl2N2OS. The van der Waals surface area contributed by atoms with Crippen LogP contribution in [0.2, 0.25) is 10.0 Å². The molecule has 0 unspecified atom stereocenters. The van der Waals surface area contributed by atoms with Gasteiger partial charge in [0.1, 0.15) is 0 Å². The van der Waals surface area contributed by atoms with Crippen molar-refractivity contribution in [3.05, 3.63) is 58.2 Å². The molecular weight excluding hydrogens is 315 g/mol. The van der Waals surface area contributed by atoms with E-state index in [-0.39, 0.29) is 5.91 Å². The van der Waals surface area contributed by atoms with E-state index in [4.69, 9.17) is 23.2 Å². The van der Waals surface area contributed by atoms with Gasteiger partial charge < -0.3 is 5.32 Å². The molecule has 3 nitrogen and oxygen atoms in total. The number of halogens is 2. The van der Waals surface area contributed by atoms with Crippen molar-refractivity contribution in [2.24, 2.45) is 0 Å². The van der Waals surface area contributed by atoms with E-state index in [0.717, 1.165) is 10.6 Å². The maximum Gasteiger partial charge on any atom is 0.230 e. The fraction of sp³-hybridized carbons (Fsp3) is 0.143. The molecule has 1 N–H and O–H groups in total. The van der Waals surface area contributed by atoms with Gasteiger partial charge in [-0.3, -0.25) is 4.79 Å². The molecule has 0 spiro atoms. The van der Waals surface area contributed by atoms with Gasteiger partial charge in [-0.1, -0.05) is 47.1 Å². The Morgan fingerprint density at radius 3 is 2.80 bits per heavy atom. The second kappa shape index (κ2) is 7.53. The minimum absolute atomic E-state index is 0.0633. The van der Waals surface area contributed by atoms with E-state index < -0.39 is 0 Å². The Kier molecular flexibility index (Phi) is 5.71. The minimum atomic E-state index is -0.0633. The molecule has 20 heavy (non-hydrogen) atoms. The Bertz CT molecular complexity index is 593. The smallest absolute Gasteiger partial charge is 0.230 e. The molecule has 0 fully saturated rings. The lowest BCUT2D eigenvalue weighted by Crippen LogP contribution is -2.24. The highest BCUT2D eigenvalue weighted by atomic mass is 35.5. The predicted octanol–water partition coefficient (Wildman–Crippen LogP) is 3.80. The zero-order chi connectivity index (χ0) is 14.4. The third-order valence-electron chi connectivity index (χ3n) is 2.48. The van der Waals surface area contributed by atoms with Crippen LogP contribution in [0.15, 0.2) is 47.6 Å². The van der Waals surface area contributed by atoms with E-state index in [2.05, 4.69) is 10.3 Å². The second-order valence-electron chi connectivity index (χ2n) is 3.97. The van der Waals surface area contributed by atoms with E-state index in [0.29, 0.717) is 22.3 Å². The van der Waals surface area contributed by atoms with Crippen molar-refractivity contribution in [1.29, 1.82) is 0 Å². The summed E-state index contributed by atoms with van der Waals surface area (Å²) < 4.78 is 0. The molecule has 0 aliphatic carbocycles. The zero-order valence-electron chi connectivity index (χ0n) is 10.5. The molecule has 0 saturated carbocycles. The second-order valence-corrected chi connectivity index (χ2v) is 5.81. The van der Waals surface area contributed by atoms with Gasteiger partial charge in [0.05, 0.1) is 10.8 Å². The van der Waals surface area contributed by atoms with Gasteiger partial charge in [0.2, 0.25) is 5.91 Å². The first-order chi connectivity index (χ1) is 9.65. The van der Waals surface area contributed by atoms with Crippen LogP contribution in [-0.2, 0) is 11.3 Å². The van der Waals surface area contributed by atoms with Crippen LogP contribution < -0.4 is 5.32 Å². The number of thioether (sulfide) groups is 1. The van der Waals surface area contributed by atoms with Gasteiger partial charge in [-0.05, 0) is 29.8 Å². The van der Waals surface area contributed by atoms with Crippen LogP contribution in [-0.4, -0.2) is 16.6 Å². The normalized spacial score (nSPS) is 10.3. The van der Waals surface area contributed by atoms with Crippen LogP contribution in [0.3, 0.4) is 0 Å². The van der Waals surface area contributed by atoms with Gasteiger partial charge in [-0.2, -0.15) is 0 Å². The van der Waals surface area contributed by atoms with Crippen molar-refractivity contribution in [2.75, 3.05) is 5.75 Å². The van der Waals surface area contributed by atoms with Gasteiger partial charge >= 0.3 is 0 Å². The van der Waals surface area contributed by atoms with Gasteiger partial charge in [-0.25, -0.2) is 4.98 Å². The third-order valence-corrected chi connectivity index (χ3v) is 4.01. The number of rotatable bonds is 5. The fourth-order valence-electron chi connectivity index (χ4n) is 1.48. The van der Waals surface area contributed by atoms with Crippen molar-refractivity contribution in [3.63, 3.8) is 0 Å². The van der Waals surface area contributed by atoms with Crippen LogP contribution in [0.4, 0.5) is 0 Å². The Morgan fingerprint density at radius 1 is 1.25 bits per heavy atom. The molecule has 0 atom stereocenters. The molecule has 2 rings (SSSR count).